The number of halogens is 1. The van der Waals surface area contributed by atoms with Crippen LogP contribution in [0.2, 0.25) is 5.02 Å². The van der Waals surface area contributed by atoms with Gasteiger partial charge in [-0.1, -0.05) is 35.9 Å². The Bertz CT molecular complexity index is 1180. The van der Waals surface area contributed by atoms with E-state index in [-0.39, 0.29) is 5.88 Å². The predicted octanol–water partition coefficient (Wildman–Crippen LogP) is 4.57. The SMILES string of the molecule is CCOc1cccc([C@@H]2C(C#N)=C(N)Oc3n[nH]c(C)c32)c1OCc1ccc(Cl)cc1. The molecular formula is C23H21ClN4O3. The van der Waals surface area contributed by atoms with Gasteiger partial charge in [-0.25, -0.2) is 0 Å². The van der Waals surface area contributed by atoms with Gasteiger partial charge in [-0.3, -0.25) is 5.10 Å². The number of hydrogen-bond donors (Lipinski definition) is 2. The molecule has 0 spiro atoms. The standard InChI is InChI=1S/C23H21ClN4O3/c1-3-29-18-6-4-5-16(21(18)30-12-14-7-9-15(24)10-8-14)20-17(11-25)22(26)31-23-19(20)13(2)27-28-23/h4-10,20H,3,12,26H2,1-2H3,(H,27,28)/t20-/m1/s1. The molecule has 0 aliphatic carbocycles. The number of rotatable bonds is 6. The van der Waals surface area contributed by atoms with E-state index < -0.39 is 5.92 Å². The summed E-state index contributed by atoms with van der Waals surface area (Å²) in [7, 11) is 0. The molecule has 2 heterocycles. The van der Waals surface area contributed by atoms with E-state index in [1.54, 1.807) is 0 Å². The molecule has 4 rings (SSSR count). The van der Waals surface area contributed by atoms with Gasteiger partial charge in [0.25, 0.3) is 0 Å². The lowest BCUT2D eigenvalue weighted by molar-refractivity contribution is 0.266. The first-order valence-electron chi connectivity index (χ1n) is 9.78. The normalized spacial score (nSPS) is 15.1. The number of fused-ring (bicyclic) bond motifs is 1. The molecule has 0 saturated heterocycles. The van der Waals surface area contributed by atoms with E-state index in [0.29, 0.717) is 41.2 Å². The Morgan fingerprint density at radius 2 is 2.00 bits per heavy atom. The second-order valence-electron chi connectivity index (χ2n) is 7.01. The molecule has 0 amide bonds. The first kappa shape index (κ1) is 20.6. The van der Waals surface area contributed by atoms with Crippen LogP contribution >= 0.6 is 11.6 Å². The van der Waals surface area contributed by atoms with Crippen LogP contribution < -0.4 is 19.9 Å². The predicted molar refractivity (Wildman–Crippen MR) is 116 cm³/mol. The third kappa shape index (κ3) is 3.90. The zero-order valence-electron chi connectivity index (χ0n) is 17.1. The Balaban J connectivity index is 1.82. The number of hydrogen-bond acceptors (Lipinski definition) is 6. The number of aryl methyl sites for hydroxylation is 1. The van der Waals surface area contributed by atoms with Crippen molar-refractivity contribution in [3.8, 4) is 23.4 Å². The summed E-state index contributed by atoms with van der Waals surface area (Å²) in [5.74, 6) is 0.992. The van der Waals surface area contributed by atoms with Gasteiger partial charge in [0, 0.05) is 21.8 Å². The number of nitrogens with one attached hydrogen (secondary N) is 1. The van der Waals surface area contributed by atoms with Crippen molar-refractivity contribution in [3.05, 3.63) is 81.3 Å². The highest BCUT2D eigenvalue weighted by atomic mass is 35.5. The minimum absolute atomic E-state index is 0.0250. The minimum atomic E-state index is -0.506. The number of allylic oxidation sites excluding steroid dienone is 1. The van der Waals surface area contributed by atoms with E-state index in [4.69, 9.17) is 31.5 Å². The molecule has 0 saturated carbocycles. The van der Waals surface area contributed by atoms with Gasteiger partial charge < -0.3 is 19.9 Å². The van der Waals surface area contributed by atoms with Crippen molar-refractivity contribution in [1.82, 2.24) is 10.2 Å². The average Bonchev–Trinajstić information content (AvgIpc) is 3.13. The number of nitrogens with two attached hydrogens (primary N) is 1. The van der Waals surface area contributed by atoms with Gasteiger partial charge in [-0.2, -0.15) is 5.26 Å². The van der Waals surface area contributed by atoms with Crippen molar-refractivity contribution in [3.63, 3.8) is 0 Å². The number of nitrogens with zero attached hydrogens (tertiary/aromatic N) is 2. The van der Waals surface area contributed by atoms with Crippen LogP contribution in [0.25, 0.3) is 0 Å². The van der Waals surface area contributed by atoms with E-state index >= 15 is 0 Å². The first-order chi connectivity index (χ1) is 15.0. The molecule has 3 N–H and O–H groups in total. The lowest BCUT2D eigenvalue weighted by Crippen LogP contribution is -2.21. The molecule has 31 heavy (non-hydrogen) atoms. The molecule has 0 fully saturated rings. The summed E-state index contributed by atoms with van der Waals surface area (Å²) in [5, 5.41) is 17.6. The maximum Gasteiger partial charge on any atom is 0.244 e. The highest BCUT2D eigenvalue weighted by Gasteiger charge is 2.36. The second kappa shape index (κ2) is 8.62. The molecule has 0 bridgehead atoms. The van der Waals surface area contributed by atoms with Crippen LogP contribution in [0.3, 0.4) is 0 Å². The fraction of sp³-hybridized carbons (Fsp3) is 0.217. The largest absolute Gasteiger partial charge is 0.490 e. The Morgan fingerprint density at radius 3 is 2.71 bits per heavy atom. The van der Waals surface area contributed by atoms with Gasteiger partial charge >= 0.3 is 0 Å². The summed E-state index contributed by atoms with van der Waals surface area (Å²) < 4.78 is 17.7. The van der Waals surface area contributed by atoms with Crippen LogP contribution in [-0.4, -0.2) is 16.8 Å². The Morgan fingerprint density at radius 1 is 1.23 bits per heavy atom. The number of nitriles is 1. The molecule has 0 radical (unpaired) electrons. The highest BCUT2D eigenvalue weighted by Crippen LogP contribution is 2.47. The fourth-order valence-corrected chi connectivity index (χ4v) is 3.76. The molecule has 158 valence electrons. The molecule has 8 heteroatoms. The van der Waals surface area contributed by atoms with Crippen molar-refractivity contribution in [2.24, 2.45) is 5.73 Å². The van der Waals surface area contributed by atoms with Crippen LogP contribution in [0, 0.1) is 18.3 Å². The van der Waals surface area contributed by atoms with E-state index in [0.717, 1.165) is 22.4 Å². The Kier molecular flexibility index (Phi) is 5.74. The van der Waals surface area contributed by atoms with Gasteiger partial charge in [0.1, 0.15) is 18.2 Å². The molecule has 1 aliphatic heterocycles. The quantitative estimate of drug-likeness (QED) is 0.586. The average molecular weight is 437 g/mol. The van der Waals surface area contributed by atoms with E-state index in [1.807, 2.05) is 56.3 Å². The van der Waals surface area contributed by atoms with Crippen molar-refractivity contribution in [1.29, 1.82) is 5.26 Å². The smallest absolute Gasteiger partial charge is 0.244 e. The number of ether oxygens (including phenoxy) is 3. The maximum absolute atomic E-state index is 9.86. The summed E-state index contributed by atoms with van der Waals surface area (Å²) in [6, 6.07) is 15.2. The fourth-order valence-electron chi connectivity index (χ4n) is 3.63. The van der Waals surface area contributed by atoms with Gasteiger partial charge in [-0.15, -0.1) is 5.10 Å². The van der Waals surface area contributed by atoms with Crippen LogP contribution in [0.1, 0.15) is 35.2 Å². The second-order valence-corrected chi connectivity index (χ2v) is 7.45. The first-order valence-corrected chi connectivity index (χ1v) is 10.2. The molecule has 7 nitrogen and oxygen atoms in total. The van der Waals surface area contributed by atoms with Crippen LogP contribution in [0.4, 0.5) is 0 Å². The zero-order valence-corrected chi connectivity index (χ0v) is 17.9. The number of benzene rings is 2. The Hall–Kier alpha value is -3.63. The third-order valence-electron chi connectivity index (χ3n) is 5.05. The van der Waals surface area contributed by atoms with Crippen molar-refractivity contribution in [2.45, 2.75) is 26.4 Å². The highest BCUT2D eigenvalue weighted by molar-refractivity contribution is 6.30. The minimum Gasteiger partial charge on any atom is -0.490 e. The van der Waals surface area contributed by atoms with Gasteiger partial charge in [-0.05, 0) is 37.6 Å². The van der Waals surface area contributed by atoms with Crippen LogP contribution in [0.15, 0.2) is 53.9 Å². The topological polar surface area (TPSA) is 106 Å². The number of aromatic amines is 1. The molecule has 1 aromatic heterocycles. The Labute approximate surface area is 185 Å². The molecule has 1 atom stereocenters. The van der Waals surface area contributed by atoms with E-state index in [1.165, 1.54) is 0 Å². The number of aromatic nitrogens is 2. The van der Waals surface area contributed by atoms with Crippen molar-refractivity contribution >= 4 is 11.6 Å². The van der Waals surface area contributed by atoms with Crippen molar-refractivity contribution < 1.29 is 14.2 Å². The molecule has 0 unspecified atom stereocenters. The van der Waals surface area contributed by atoms with Crippen LogP contribution in [0.5, 0.6) is 17.4 Å². The van der Waals surface area contributed by atoms with Crippen molar-refractivity contribution in [2.75, 3.05) is 6.61 Å². The van der Waals surface area contributed by atoms with Gasteiger partial charge in [0.15, 0.2) is 11.5 Å². The summed E-state index contributed by atoms with van der Waals surface area (Å²) in [4.78, 5) is 0. The lowest BCUT2D eigenvalue weighted by atomic mass is 9.83. The van der Waals surface area contributed by atoms with Crippen LogP contribution in [-0.2, 0) is 6.61 Å². The summed E-state index contributed by atoms with van der Waals surface area (Å²) in [5.41, 5.74) is 9.58. The van der Waals surface area contributed by atoms with E-state index in [9.17, 15) is 5.26 Å². The maximum atomic E-state index is 9.86. The lowest BCUT2D eigenvalue weighted by Gasteiger charge is -2.26. The van der Waals surface area contributed by atoms with Gasteiger partial charge in [0.2, 0.25) is 11.8 Å². The molecular weight excluding hydrogens is 416 g/mol. The van der Waals surface area contributed by atoms with Gasteiger partial charge in [0.05, 0.1) is 12.5 Å². The monoisotopic (exact) mass is 436 g/mol. The number of para-hydroxylation sites is 1. The number of H-pyrrole nitrogens is 1. The zero-order chi connectivity index (χ0) is 22.0. The molecule has 2 aromatic carbocycles. The molecule has 1 aliphatic rings. The summed E-state index contributed by atoms with van der Waals surface area (Å²) in [6.45, 7) is 4.55. The summed E-state index contributed by atoms with van der Waals surface area (Å²) >= 11 is 5.99. The summed E-state index contributed by atoms with van der Waals surface area (Å²) in [6.07, 6.45) is 0. The third-order valence-corrected chi connectivity index (χ3v) is 5.30. The molecule has 3 aromatic rings. The van der Waals surface area contributed by atoms with E-state index in [2.05, 4.69) is 16.3 Å².